The molecule has 0 atom stereocenters. The van der Waals surface area contributed by atoms with Gasteiger partial charge in [0, 0.05) is 6.54 Å². The van der Waals surface area contributed by atoms with E-state index in [1.165, 1.54) is 6.20 Å². The molecular weight excluding hydrogens is 176 g/mol. The highest BCUT2D eigenvalue weighted by Crippen LogP contribution is 2.14. The molecule has 0 aromatic carbocycles. The number of hydrogen-bond acceptors (Lipinski definition) is 2. The molecule has 1 heterocycles. The number of aromatic nitrogens is 2. The van der Waals surface area contributed by atoms with Crippen LogP contribution in [-0.4, -0.2) is 16.1 Å². The molecule has 0 aliphatic heterocycles. The lowest BCUT2D eigenvalue weighted by Crippen LogP contribution is -2.05. The van der Waals surface area contributed by atoms with Gasteiger partial charge in [0.15, 0.2) is 6.29 Å². The van der Waals surface area contributed by atoms with Crippen molar-refractivity contribution in [3.05, 3.63) is 16.9 Å². The predicted molar refractivity (Wildman–Crippen MR) is 47.5 cm³/mol. The Morgan fingerprint density at radius 3 is 2.83 bits per heavy atom. The summed E-state index contributed by atoms with van der Waals surface area (Å²) >= 11 is 5.84. The van der Waals surface area contributed by atoms with Crippen molar-refractivity contribution in [3.8, 4) is 0 Å². The highest BCUT2D eigenvalue weighted by atomic mass is 35.5. The van der Waals surface area contributed by atoms with Crippen molar-refractivity contribution in [1.82, 2.24) is 9.78 Å². The molecule has 0 amide bonds. The Labute approximate surface area is 76.3 Å². The molecule has 0 spiro atoms. The molecule has 0 aliphatic rings. The van der Waals surface area contributed by atoms with Crippen molar-refractivity contribution in [2.75, 3.05) is 0 Å². The molecule has 66 valence electrons. The van der Waals surface area contributed by atoms with E-state index in [9.17, 15) is 4.79 Å². The van der Waals surface area contributed by atoms with Crippen LogP contribution in [0, 0.1) is 5.92 Å². The fourth-order valence-corrected chi connectivity index (χ4v) is 1.14. The molecule has 0 N–H and O–H groups in total. The van der Waals surface area contributed by atoms with Gasteiger partial charge in [0.2, 0.25) is 0 Å². The SMILES string of the molecule is CC(C)Cn1ncc(C=O)c1Cl. The summed E-state index contributed by atoms with van der Waals surface area (Å²) in [5.74, 6) is 0.474. The highest BCUT2D eigenvalue weighted by molar-refractivity contribution is 6.31. The van der Waals surface area contributed by atoms with E-state index < -0.39 is 0 Å². The number of carbonyl (C=O) groups excluding carboxylic acids is 1. The van der Waals surface area contributed by atoms with Crippen molar-refractivity contribution in [2.45, 2.75) is 20.4 Å². The minimum absolute atomic E-state index is 0.429. The van der Waals surface area contributed by atoms with Crippen LogP contribution in [-0.2, 0) is 6.54 Å². The molecule has 1 aromatic rings. The molecule has 1 aromatic heterocycles. The molecule has 0 bridgehead atoms. The second-order valence-electron chi connectivity index (χ2n) is 3.08. The van der Waals surface area contributed by atoms with Crippen molar-refractivity contribution in [3.63, 3.8) is 0 Å². The normalized spacial score (nSPS) is 10.7. The third-order valence-electron chi connectivity index (χ3n) is 1.47. The van der Waals surface area contributed by atoms with Crippen LogP contribution in [0.1, 0.15) is 24.2 Å². The summed E-state index contributed by atoms with van der Waals surface area (Å²) < 4.78 is 1.63. The molecule has 0 saturated carbocycles. The number of aldehydes is 1. The standard InChI is InChI=1S/C8H11ClN2O/c1-6(2)4-11-8(9)7(5-12)3-10-11/h3,5-6H,4H2,1-2H3. The van der Waals surface area contributed by atoms with Crippen molar-refractivity contribution in [2.24, 2.45) is 5.92 Å². The van der Waals surface area contributed by atoms with E-state index >= 15 is 0 Å². The molecule has 0 fully saturated rings. The van der Waals surface area contributed by atoms with Gasteiger partial charge in [-0.3, -0.25) is 9.48 Å². The average molecular weight is 187 g/mol. The first-order valence-corrected chi connectivity index (χ1v) is 4.19. The Morgan fingerprint density at radius 2 is 2.42 bits per heavy atom. The number of hydrogen-bond donors (Lipinski definition) is 0. The largest absolute Gasteiger partial charge is 0.298 e. The monoisotopic (exact) mass is 186 g/mol. The summed E-state index contributed by atoms with van der Waals surface area (Å²) in [6, 6.07) is 0. The number of nitrogens with zero attached hydrogens (tertiary/aromatic N) is 2. The molecule has 0 saturated heterocycles. The fourth-order valence-electron chi connectivity index (χ4n) is 0.937. The molecular formula is C8H11ClN2O. The number of halogens is 1. The third kappa shape index (κ3) is 1.85. The molecule has 1 rings (SSSR count). The molecule has 4 heteroatoms. The first-order chi connectivity index (χ1) is 5.65. The molecule has 0 radical (unpaired) electrons. The Kier molecular flexibility index (Phi) is 2.87. The van der Waals surface area contributed by atoms with E-state index in [4.69, 9.17) is 11.6 Å². The Balaban J connectivity index is 2.86. The van der Waals surface area contributed by atoms with E-state index in [2.05, 4.69) is 18.9 Å². The molecule has 3 nitrogen and oxygen atoms in total. The molecule has 0 aliphatic carbocycles. The topological polar surface area (TPSA) is 34.9 Å². The van der Waals surface area contributed by atoms with Gasteiger partial charge in [-0.1, -0.05) is 25.4 Å². The van der Waals surface area contributed by atoms with Crippen LogP contribution in [0.4, 0.5) is 0 Å². The van der Waals surface area contributed by atoms with Crippen LogP contribution in [0.5, 0.6) is 0 Å². The van der Waals surface area contributed by atoms with E-state index in [0.717, 1.165) is 6.54 Å². The zero-order valence-electron chi connectivity index (χ0n) is 7.12. The van der Waals surface area contributed by atoms with E-state index in [1.54, 1.807) is 4.68 Å². The van der Waals surface area contributed by atoms with Gasteiger partial charge in [0.05, 0.1) is 11.8 Å². The van der Waals surface area contributed by atoms with Gasteiger partial charge in [-0.05, 0) is 5.92 Å². The second kappa shape index (κ2) is 3.72. The average Bonchev–Trinajstić information content (AvgIpc) is 2.32. The van der Waals surface area contributed by atoms with Gasteiger partial charge in [0.1, 0.15) is 5.15 Å². The van der Waals surface area contributed by atoms with Crippen LogP contribution in [0.15, 0.2) is 6.20 Å². The first kappa shape index (κ1) is 9.26. The first-order valence-electron chi connectivity index (χ1n) is 3.81. The Morgan fingerprint density at radius 1 is 1.75 bits per heavy atom. The Hall–Kier alpha value is -0.830. The summed E-state index contributed by atoms with van der Waals surface area (Å²) in [7, 11) is 0. The predicted octanol–water partition coefficient (Wildman–Crippen LogP) is 2.00. The zero-order chi connectivity index (χ0) is 9.14. The summed E-state index contributed by atoms with van der Waals surface area (Å²) in [5.41, 5.74) is 0.456. The zero-order valence-corrected chi connectivity index (χ0v) is 7.88. The van der Waals surface area contributed by atoms with Crippen LogP contribution < -0.4 is 0 Å². The van der Waals surface area contributed by atoms with Crippen LogP contribution in [0.3, 0.4) is 0 Å². The van der Waals surface area contributed by atoms with E-state index in [0.29, 0.717) is 22.9 Å². The van der Waals surface area contributed by atoms with Crippen LogP contribution >= 0.6 is 11.6 Å². The van der Waals surface area contributed by atoms with Gasteiger partial charge in [-0.15, -0.1) is 0 Å². The quantitative estimate of drug-likeness (QED) is 0.677. The van der Waals surface area contributed by atoms with Crippen LogP contribution in [0.25, 0.3) is 0 Å². The lowest BCUT2D eigenvalue weighted by molar-refractivity contribution is 0.112. The van der Waals surface area contributed by atoms with Crippen molar-refractivity contribution < 1.29 is 4.79 Å². The highest BCUT2D eigenvalue weighted by Gasteiger charge is 2.07. The lowest BCUT2D eigenvalue weighted by atomic mass is 10.2. The molecule has 12 heavy (non-hydrogen) atoms. The third-order valence-corrected chi connectivity index (χ3v) is 1.88. The van der Waals surface area contributed by atoms with Crippen molar-refractivity contribution in [1.29, 1.82) is 0 Å². The maximum Gasteiger partial charge on any atom is 0.154 e. The molecule has 0 unspecified atom stereocenters. The number of carbonyl (C=O) groups is 1. The van der Waals surface area contributed by atoms with Gasteiger partial charge < -0.3 is 0 Å². The summed E-state index contributed by atoms with van der Waals surface area (Å²) in [4.78, 5) is 10.4. The second-order valence-corrected chi connectivity index (χ2v) is 3.44. The fraction of sp³-hybridized carbons (Fsp3) is 0.500. The maximum atomic E-state index is 10.4. The van der Waals surface area contributed by atoms with Crippen LogP contribution in [0.2, 0.25) is 5.15 Å². The summed E-state index contributed by atoms with van der Waals surface area (Å²) in [6.07, 6.45) is 2.20. The summed E-state index contributed by atoms with van der Waals surface area (Å²) in [6.45, 7) is 4.88. The van der Waals surface area contributed by atoms with Gasteiger partial charge >= 0.3 is 0 Å². The van der Waals surface area contributed by atoms with Crippen molar-refractivity contribution >= 4 is 17.9 Å². The van der Waals surface area contributed by atoms with Gasteiger partial charge in [-0.2, -0.15) is 5.10 Å². The maximum absolute atomic E-state index is 10.4. The Bertz CT molecular complexity index is 281. The minimum atomic E-state index is 0.429. The number of rotatable bonds is 3. The van der Waals surface area contributed by atoms with Gasteiger partial charge in [0.25, 0.3) is 0 Å². The minimum Gasteiger partial charge on any atom is -0.298 e. The summed E-state index contributed by atoms with van der Waals surface area (Å²) in [5, 5.41) is 4.41. The lowest BCUT2D eigenvalue weighted by Gasteiger charge is -2.05. The smallest absolute Gasteiger partial charge is 0.154 e. The van der Waals surface area contributed by atoms with E-state index in [1.807, 2.05) is 0 Å². The van der Waals surface area contributed by atoms with E-state index in [-0.39, 0.29) is 0 Å². The van der Waals surface area contributed by atoms with Gasteiger partial charge in [-0.25, -0.2) is 0 Å².